The fourth-order valence-electron chi connectivity index (χ4n) is 2.92. The zero-order valence-electron chi connectivity index (χ0n) is 14.5. The number of aromatic amines is 1. The molecule has 25 heavy (non-hydrogen) atoms. The number of carboxylic acid groups (broad SMARTS) is 1. The van der Waals surface area contributed by atoms with E-state index in [4.69, 9.17) is 9.47 Å². The number of fused-ring (bicyclic) bond motifs is 1. The molecule has 1 aliphatic heterocycles. The lowest BCUT2D eigenvalue weighted by molar-refractivity contribution is 0.0687. The third-order valence-electron chi connectivity index (χ3n) is 4.09. The number of nitrogens with zero attached hydrogens (tertiary/aromatic N) is 2. The average Bonchev–Trinajstić information content (AvgIpc) is 2.99. The van der Waals surface area contributed by atoms with Crippen LogP contribution in [0.3, 0.4) is 0 Å². The number of hydrogen-bond acceptors (Lipinski definition) is 5. The molecule has 3 rings (SSSR count). The molecule has 0 atom stereocenters. The van der Waals surface area contributed by atoms with Crippen LogP contribution in [0.2, 0.25) is 0 Å². The van der Waals surface area contributed by atoms with Gasteiger partial charge in [0.15, 0.2) is 17.2 Å². The third kappa shape index (κ3) is 4.11. The molecular weight excluding hydrogens is 322 g/mol. The van der Waals surface area contributed by atoms with Crippen LogP contribution in [0.15, 0.2) is 24.3 Å². The van der Waals surface area contributed by atoms with Crippen LogP contribution in [0.4, 0.5) is 0 Å². The van der Waals surface area contributed by atoms with E-state index in [1.165, 1.54) is 0 Å². The molecule has 1 aliphatic rings. The van der Waals surface area contributed by atoms with Crippen LogP contribution in [0.5, 0.6) is 11.5 Å². The van der Waals surface area contributed by atoms with Gasteiger partial charge >= 0.3 is 5.97 Å². The predicted molar refractivity (Wildman–Crippen MR) is 92.2 cm³/mol. The highest BCUT2D eigenvalue weighted by Crippen LogP contribution is 2.27. The summed E-state index contributed by atoms with van der Waals surface area (Å²) in [5.41, 5.74) is 1.82. The summed E-state index contributed by atoms with van der Waals surface area (Å²) in [4.78, 5) is 13.4. The molecule has 1 aromatic heterocycles. The van der Waals surface area contributed by atoms with Crippen molar-refractivity contribution in [2.24, 2.45) is 0 Å². The van der Waals surface area contributed by atoms with Crippen molar-refractivity contribution < 1.29 is 19.4 Å². The summed E-state index contributed by atoms with van der Waals surface area (Å²) in [6.45, 7) is 6.59. The van der Waals surface area contributed by atoms with Gasteiger partial charge < -0.3 is 14.6 Å². The van der Waals surface area contributed by atoms with E-state index in [0.717, 1.165) is 35.7 Å². The van der Waals surface area contributed by atoms with Crippen LogP contribution in [-0.2, 0) is 13.0 Å². The lowest BCUT2D eigenvalue weighted by Gasteiger charge is -2.26. The molecule has 0 aliphatic carbocycles. The standard InChI is InChI=1S/C18H23N3O4/c1-12(2)25-16-6-4-3-5-15(16)24-10-9-21-8-7-14-13(11-21)17(18(22)23)20-19-14/h3-6,12H,7-11H2,1-2H3,(H,19,20)(H,22,23). The summed E-state index contributed by atoms with van der Waals surface area (Å²) in [5.74, 6) is 0.472. The normalized spacial score (nSPS) is 14.4. The second-order valence-corrected chi connectivity index (χ2v) is 6.32. The molecule has 0 unspecified atom stereocenters. The fraction of sp³-hybridized carbons (Fsp3) is 0.444. The highest BCUT2D eigenvalue weighted by atomic mass is 16.5. The molecule has 0 radical (unpaired) electrons. The molecule has 7 heteroatoms. The average molecular weight is 345 g/mol. The summed E-state index contributed by atoms with van der Waals surface area (Å²) >= 11 is 0. The first-order valence-corrected chi connectivity index (χ1v) is 8.45. The summed E-state index contributed by atoms with van der Waals surface area (Å²) < 4.78 is 11.6. The van der Waals surface area contributed by atoms with Gasteiger partial charge in [-0.3, -0.25) is 10.00 Å². The van der Waals surface area contributed by atoms with Gasteiger partial charge in [0.25, 0.3) is 0 Å². The van der Waals surface area contributed by atoms with Gasteiger partial charge in [-0.2, -0.15) is 5.10 Å². The molecule has 0 fully saturated rings. The van der Waals surface area contributed by atoms with Crippen LogP contribution in [0, 0.1) is 0 Å². The van der Waals surface area contributed by atoms with Crippen molar-refractivity contribution in [2.45, 2.75) is 32.9 Å². The zero-order chi connectivity index (χ0) is 17.8. The van der Waals surface area contributed by atoms with Gasteiger partial charge in [-0.25, -0.2) is 4.79 Å². The van der Waals surface area contributed by atoms with Crippen LogP contribution in [0.1, 0.15) is 35.6 Å². The quantitative estimate of drug-likeness (QED) is 0.801. The molecule has 0 amide bonds. The zero-order valence-corrected chi connectivity index (χ0v) is 14.5. The van der Waals surface area contributed by atoms with E-state index in [-0.39, 0.29) is 11.8 Å². The van der Waals surface area contributed by atoms with Gasteiger partial charge in [0.05, 0.1) is 6.10 Å². The Labute approximate surface area is 146 Å². The Morgan fingerprint density at radius 1 is 1.36 bits per heavy atom. The topological polar surface area (TPSA) is 87.7 Å². The predicted octanol–water partition coefficient (Wildman–Crippen LogP) is 2.33. The molecule has 0 saturated carbocycles. The smallest absolute Gasteiger partial charge is 0.356 e. The molecular formula is C18H23N3O4. The maximum absolute atomic E-state index is 11.2. The van der Waals surface area contributed by atoms with E-state index >= 15 is 0 Å². The second-order valence-electron chi connectivity index (χ2n) is 6.32. The summed E-state index contributed by atoms with van der Waals surface area (Å²) in [6.07, 6.45) is 0.851. The van der Waals surface area contributed by atoms with Crippen molar-refractivity contribution in [3.8, 4) is 11.5 Å². The lowest BCUT2D eigenvalue weighted by Crippen LogP contribution is -2.34. The molecule has 2 N–H and O–H groups in total. The highest BCUT2D eigenvalue weighted by Gasteiger charge is 2.25. The number of para-hydroxylation sites is 2. The first-order valence-electron chi connectivity index (χ1n) is 8.45. The molecule has 134 valence electrons. The molecule has 1 aromatic carbocycles. The van der Waals surface area contributed by atoms with Gasteiger partial charge in [0, 0.05) is 37.3 Å². The number of carboxylic acids is 1. The van der Waals surface area contributed by atoms with Crippen molar-refractivity contribution >= 4 is 5.97 Å². The first kappa shape index (κ1) is 17.3. The van der Waals surface area contributed by atoms with Crippen molar-refractivity contribution in [2.75, 3.05) is 19.7 Å². The Bertz CT molecular complexity index is 742. The molecule has 2 heterocycles. The summed E-state index contributed by atoms with van der Waals surface area (Å²) in [7, 11) is 0. The van der Waals surface area contributed by atoms with Crippen LogP contribution in [-0.4, -0.2) is 52.0 Å². The Kier molecular flexibility index (Phi) is 5.23. The van der Waals surface area contributed by atoms with Gasteiger partial charge in [0.1, 0.15) is 6.61 Å². The number of H-pyrrole nitrogens is 1. The second kappa shape index (κ2) is 7.57. The Balaban J connectivity index is 1.57. The third-order valence-corrected chi connectivity index (χ3v) is 4.09. The first-order chi connectivity index (χ1) is 12.0. The van der Waals surface area contributed by atoms with Crippen molar-refractivity contribution in [3.05, 3.63) is 41.2 Å². The van der Waals surface area contributed by atoms with Crippen LogP contribution in [0.25, 0.3) is 0 Å². The van der Waals surface area contributed by atoms with E-state index in [2.05, 4.69) is 15.1 Å². The largest absolute Gasteiger partial charge is 0.488 e. The fourth-order valence-corrected chi connectivity index (χ4v) is 2.92. The summed E-state index contributed by atoms with van der Waals surface area (Å²) in [6, 6.07) is 7.63. The number of rotatable bonds is 7. The van der Waals surface area contributed by atoms with Crippen molar-refractivity contribution in [1.29, 1.82) is 0 Å². The van der Waals surface area contributed by atoms with Crippen LogP contribution < -0.4 is 9.47 Å². The number of benzene rings is 1. The number of aromatic nitrogens is 2. The monoisotopic (exact) mass is 345 g/mol. The minimum Gasteiger partial charge on any atom is -0.488 e. The minimum atomic E-state index is -0.990. The SMILES string of the molecule is CC(C)Oc1ccccc1OCCN1CCc2[nH]nc(C(=O)O)c2C1. The van der Waals surface area contributed by atoms with Gasteiger partial charge in [-0.05, 0) is 26.0 Å². The van der Waals surface area contributed by atoms with E-state index in [9.17, 15) is 9.90 Å². The lowest BCUT2D eigenvalue weighted by atomic mass is 10.1. The van der Waals surface area contributed by atoms with Crippen LogP contribution >= 0.6 is 0 Å². The van der Waals surface area contributed by atoms with Gasteiger partial charge in [-0.15, -0.1) is 0 Å². The highest BCUT2D eigenvalue weighted by molar-refractivity contribution is 5.87. The Morgan fingerprint density at radius 3 is 2.84 bits per heavy atom. The maximum Gasteiger partial charge on any atom is 0.356 e. The number of carbonyl (C=O) groups is 1. The van der Waals surface area contributed by atoms with Crippen molar-refractivity contribution in [3.63, 3.8) is 0 Å². The van der Waals surface area contributed by atoms with Gasteiger partial charge in [-0.1, -0.05) is 12.1 Å². The van der Waals surface area contributed by atoms with E-state index in [1.54, 1.807) is 0 Å². The number of hydrogen-bond donors (Lipinski definition) is 2. The maximum atomic E-state index is 11.2. The summed E-state index contributed by atoms with van der Waals surface area (Å²) in [5, 5.41) is 15.9. The Hall–Kier alpha value is -2.54. The molecule has 0 spiro atoms. The van der Waals surface area contributed by atoms with E-state index in [0.29, 0.717) is 19.7 Å². The van der Waals surface area contributed by atoms with Gasteiger partial charge in [0.2, 0.25) is 0 Å². The molecule has 0 saturated heterocycles. The molecule has 2 aromatic rings. The number of aromatic carboxylic acids is 1. The van der Waals surface area contributed by atoms with E-state index in [1.807, 2.05) is 38.1 Å². The molecule has 7 nitrogen and oxygen atoms in total. The Morgan fingerprint density at radius 2 is 2.12 bits per heavy atom. The number of ether oxygens (including phenoxy) is 2. The van der Waals surface area contributed by atoms with E-state index < -0.39 is 5.97 Å². The minimum absolute atomic E-state index is 0.0841. The van der Waals surface area contributed by atoms with Crippen molar-refractivity contribution in [1.82, 2.24) is 15.1 Å². The number of nitrogens with one attached hydrogen (secondary N) is 1. The molecule has 0 bridgehead atoms.